The Kier molecular flexibility index (Phi) is 5.80. The number of carboxylic acids is 1. The van der Waals surface area contributed by atoms with Crippen LogP contribution in [0.4, 0.5) is 0 Å². The van der Waals surface area contributed by atoms with Crippen LogP contribution < -0.4 is 11.5 Å². The van der Waals surface area contributed by atoms with Crippen molar-refractivity contribution in [2.45, 2.75) is 19.0 Å². The first-order valence-electron chi connectivity index (χ1n) is 2.29. The van der Waals surface area contributed by atoms with Crippen molar-refractivity contribution in [1.82, 2.24) is 0 Å². The van der Waals surface area contributed by atoms with Gasteiger partial charge in [-0.3, -0.25) is 4.79 Å². The Morgan fingerprint density at radius 1 is 1.56 bits per heavy atom. The lowest BCUT2D eigenvalue weighted by molar-refractivity contribution is -0.138. The van der Waals surface area contributed by atoms with Crippen LogP contribution in [0.25, 0.3) is 0 Å². The Hall–Kier alpha value is -0.320. The highest BCUT2D eigenvalue weighted by Crippen LogP contribution is 1.82. The molecule has 0 aromatic heterocycles. The summed E-state index contributed by atoms with van der Waals surface area (Å²) in [5.74, 6) is -1.06. The number of halogens is 1. The molecule has 9 heavy (non-hydrogen) atoms. The molecule has 0 saturated carbocycles. The maximum absolute atomic E-state index is 9.94. The van der Waals surface area contributed by atoms with E-state index in [4.69, 9.17) is 16.6 Å². The Labute approximate surface area is 59.6 Å². The van der Waals surface area contributed by atoms with E-state index in [1.165, 1.54) is 0 Å². The van der Waals surface area contributed by atoms with Crippen LogP contribution in [-0.2, 0) is 4.79 Å². The number of rotatable bonds is 2. The molecule has 4 nitrogen and oxygen atoms in total. The molecule has 0 radical (unpaired) electrons. The lowest BCUT2D eigenvalue weighted by atomic mass is 10.2. The molecule has 0 aliphatic carbocycles. The fourth-order valence-corrected chi connectivity index (χ4v) is 0.225. The van der Waals surface area contributed by atoms with Crippen LogP contribution in [0.15, 0.2) is 0 Å². The van der Waals surface area contributed by atoms with E-state index in [-0.39, 0.29) is 12.4 Å². The van der Waals surface area contributed by atoms with Crippen LogP contribution >= 0.6 is 12.4 Å². The molecule has 0 aromatic rings. The maximum atomic E-state index is 9.94. The SMILES string of the molecule is C[C@H](N)[C@H](N)C(=O)O.Cl. The largest absolute Gasteiger partial charge is 0.480 e. The molecule has 0 aromatic carbocycles. The normalized spacial score (nSPS) is 15.4. The molecule has 0 spiro atoms. The molecule has 5 heteroatoms. The van der Waals surface area contributed by atoms with Crippen molar-refractivity contribution in [1.29, 1.82) is 0 Å². The lowest BCUT2D eigenvalue weighted by Crippen LogP contribution is -2.44. The molecule has 2 atom stereocenters. The average Bonchev–Trinajstić information content (AvgIpc) is 1.64. The molecule has 56 valence electrons. The highest BCUT2D eigenvalue weighted by atomic mass is 35.5. The minimum atomic E-state index is -1.06. The number of hydrogen-bond acceptors (Lipinski definition) is 3. The zero-order chi connectivity index (χ0) is 6.73. The van der Waals surface area contributed by atoms with E-state index in [9.17, 15) is 4.79 Å². The fraction of sp³-hybridized carbons (Fsp3) is 0.750. The van der Waals surface area contributed by atoms with Crippen molar-refractivity contribution >= 4 is 18.4 Å². The summed E-state index contributed by atoms with van der Waals surface area (Å²) in [6, 6.07) is -1.41. The van der Waals surface area contributed by atoms with Gasteiger partial charge in [0, 0.05) is 6.04 Å². The van der Waals surface area contributed by atoms with Crippen molar-refractivity contribution in [2.75, 3.05) is 0 Å². The van der Waals surface area contributed by atoms with Gasteiger partial charge in [-0.15, -0.1) is 12.4 Å². The van der Waals surface area contributed by atoms with Gasteiger partial charge in [0.2, 0.25) is 0 Å². The first kappa shape index (κ1) is 11.5. The van der Waals surface area contributed by atoms with E-state index < -0.39 is 18.1 Å². The number of nitrogens with two attached hydrogens (primary N) is 2. The summed E-state index contributed by atoms with van der Waals surface area (Å²) in [5, 5.41) is 8.15. The maximum Gasteiger partial charge on any atom is 0.322 e. The smallest absolute Gasteiger partial charge is 0.322 e. The summed E-state index contributed by atoms with van der Waals surface area (Å²) in [6.45, 7) is 1.55. The van der Waals surface area contributed by atoms with E-state index >= 15 is 0 Å². The minimum Gasteiger partial charge on any atom is -0.480 e. The van der Waals surface area contributed by atoms with Gasteiger partial charge in [0.05, 0.1) is 0 Å². The van der Waals surface area contributed by atoms with Gasteiger partial charge in [0.1, 0.15) is 6.04 Å². The Balaban J connectivity index is 0. The molecule has 0 amide bonds. The molecular formula is C4H11ClN2O2. The third-order valence-electron chi connectivity index (χ3n) is 0.852. The standard InChI is InChI=1S/C4H10N2O2.ClH/c1-2(5)3(6)4(7)8;/h2-3H,5-6H2,1H3,(H,7,8);1H/t2-,3-;/m0./s1. The van der Waals surface area contributed by atoms with Gasteiger partial charge in [-0.2, -0.15) is 0 Å². The van der Waals surface area contributed by atoms with E-state index in [1.807, 2.05) is 0 Å². The quantitative estimate of drug-likeness (QED) is 0.484. The zero-order valence-electron chi connectivity index (χ0n) is 5.07. The van der Waals surface area contributed by atoms with E-state index in [0.717, 1.165) is 0 Å². The first-order chi connectivity index (χ1) is 3.55. The summed E-state index contributed by atoms with van der Waals surface area (Å²) in [7, 11) is 0. The number of hydrogen-bond donors (Lipinski definition) is 3. The second-order valence-corrected chi connectivity index (χ2v) is 1.72. The molecule has 0 bridgehead atoms. The van der Waals surface area contributed by atoms with Crippen molar-refractivity contribution < 1.29 is 9.90 Å². The highest BCUT2D eigenvalue weighted by molar-refractivity contribution is 5.85. The number of carboxylic acid groups (broad SMARTS) is 1. The van der Waals surface area contributed by atoms with Crippen LogP contribution in [0.1, 0.15) is 6.92 Å². The minimum absolute atomic E-state index is 0. The molecule has 0 saturated heterocycles. The average molecular weight is 155 g/mol. The molecule has 0 heterocycles. The van der Waals surface area contributed by atoms with Gasteiger partial charge in [-0.05, 0) is 6.92 Å². The summed E-state index contributed by atoms with van der Waals surface area (Å²) in [4.78, 5) is 9.94. The van der Waals surface area contributed by atoms with Crippen LogP contribution in [-0.4, -0.2) is 23.2 Å². The summed E-state index contributed by atoms with van der Waals surface area (Å²) in [6.07, 6.45) is 0. The Bertz CT molecular complexity index is 96.6. The van der Waals surface area contributed by atoms with Gasteiger partial charge in [-0.1, -0.05) is 0 Å². The predicted octanol–water partition coefficient (Wildman–Crippen LogP) is -0.833. The summed E-state index contributed by atoms with van der Waals surface area (Å²) < 4.78 is 0. The van der Waals surface area contributed by atoms with Gasteiger partial charge >= 0.3 is 5.97 Å². The van der Waals surface area contributed by atoms with Crippen LogP contribution in [0.5, 0.6) is 0 Å². The second kappa shape index (κ2) is 4.55. The summed E-state index contributed by atoms with van der Waals surface area (Å²) >= 11 is 0. The Morgan fingerprint density at radius 3 is 1.89 bits per heavy atom. The van der Waals surface area contributed by atoms with Crippen molar-refractivity contribution in [3.63, 3.8) is 0 Å². The van der Waals surface area contributed by atoms with Crippen molar-refractivity contribution in [2.24, 2.45) is 11.5 Å². The van der Waals surface area contributed by atoms with E-state index in [1.54, 1.807) is 6.92 Å². The highest BCUT2D eigenvalue weighted by Gasteiger charge is 2.14. The van der Waals surface area contributed by atoms with E-state index in [2.05, 4.69) is 0 Å². The molecule has 0 fully saturated rings. The van der Waals surface area contributed by atoms with Gasteiger partial charge < -0.3 is 16.6 Å². The van der Waals surface area contributed by atoms with Crippen LogP contribution in [0.2, 0.25) is 0 Å². The van der Waals surface area contributed by atoms with Crippen molar-refractivity contribution in [3.8, 4) is 0 Å². The predicted molar refractivity (Wildman–Crippen MR) is 36.5 cm³/mol. The van der Waals surface area contributed by atoms with E-state index in [0.29, 0.717) is 0 Å². The third kappa shape index (κ3) is 4.20. The third-order valence-corrected chi connectivity index (χ3v) is 0.852. The van der Waals surface area contributed by atoms with Gasteiger partial charge in [-0.25, -0.2) is 0 Å². The molecule has 0 unspecified atom stereocenters. The zero-order valence-corrected chi connectivity index (χ0v) is 5.89. The van der Waals surface area contributed by atoms with Crippen LogP contribution in [0.3, 0.4) is 0 Å². The van der Waals surface area contributed by atoms with Crippen LogP contribution in [0, 0.1) is 0 Å². The van der Waals surface area contributed by atoms with Crippen molar-refractivity contribution in [3.05, 3.63) is 0 Å². The number of aliphatic carboxylic acids is 1. The van der Waals surface area contributed by atoms with Gasteiger partial charge in [0.15, 0.2) is 0 Å². The fourth-order valence-electron chi connectivity index (χ4n) is 0.225. The Morgan fingerprint density at radius 2 is 1.89 bits per heavy atom. The first-order valence-corrected chi connectivity index (χ1v) is 2.29. The summed E-state index contributed by atoms with van der Waals surface area (Å²) in [5.41, 5.74) is 10.2. The molecule has 0 aliphatic rings. The lowest BCUT2D eigenvalue weighted by Gasteiger charge is -2.08. The molecule has 0 aliphatic heterocycles. The monoisotopic (exact) mass is 154 g/mol. The molecule has 0 rings (SSSR count). The molecule has 5 N–H and O–H groups in total. The van der Waals surface area contributed by atoms with Gasteiger partial charge in [0.25, 0.3) is 0 Å². The topological polar surface area (TPSA) is 89.3 Å². The molecular weight excluding hydrogens is 144 g/mol. The number of carbonyl (C=O) groups is 1. The second-order valence-electron chi connectivity index (χ2n) is 1.72.